The third kappa shape index (κ3) is 18.3. The fourth-order valence-corrected chi connectivity index (χ4v) is 9.84. The van der Waals surface area contributed by atoms with E-state index in [1.165, 1.54) is 44.5 Å². The Morgan fingerprint density at radius 3 is 0.533 bits per heavy atom. The number of rotatable bonds is 2. The standard InChI is InChI=1S/C88H98O2/c1-81(2,3)71-43-61(44-72(55-71)82(4,5)6)33-37-65-51-69(79(89-25)53-67(65)39-35-63-47-75(85(13,14)15)57-76(48-63)86(16,17)18)41-31-59-27-29-60(30-28-59)32-42-70-52-66(38-34-62-45-73(83(7,8)9)56-74(46-62)84(10,11)12)68(54-80(70)90-26)40-36-64-49-77(87(19,20)21)58-78(50-64)88(22,23)24/h27-30,43-58H,1-26H3. The van der Waals surface area contributed by atoms with Crippen LogP contribution in [0.3, 0.4) is 0 Å². The van der Waals surface area contributed by atoms with E-state index >= 15 is 0 Å². The lowest BCUT2D eigenvalue weighted by molar-refractivity contribution is 0.413. The third-order valence-corrected chi connectivity index (χ3v) is 16.3. The fraction of sp³-hybridized carbons (Fsp3) is 0.386. The van der Waals surface area contributed by atoms with Gasteiger partial charge in [-0.3, -0.25) is 0 Å². The van der Waals surface area contributed by atoms with Gasteiger partial charge in [-0.2, -0.15) is 0 Å². The second kappa shape index (κ2) is 26.1. The largest absolute Gasteiger partial charge is 0.495 e. The van der Waals surface area contributed by atoms with Gasteiger partial charge in [0.25, 0.3) is 0 Å². The van der Waals surface area contributed by atoms with E-state index < -0.39 is 0 Å². The van der Waals surface area contributed by atoms with Crippen LogP contribution in [0.15, 0.2) is 121 Å². The molecule has 0 aliphatic heterocycles. The van der Waals surface area contributed by atoms with Crippen molar-refractivity contribution in [1.82, 2.24) is 0 Å². The molecule has 0 fully saturated rings. The Morgan fingerprint density at radius 2 is 0.356 bits per heavy atom. The zero-order chi connectivity index (χ0) is 66.7. The zero-order valence-corrected chi connectivity index (χ0v) is 59.4. The van der Waals surface area contributed by atoms with Gasteiger partial charge in [-0.05, 0) is 185 Å². The highest BCUT2D eigenvalue weighted by molar-refractivity contribution is 5.66. The van der Waals surface area contributed by atoms with Crippen LogP contribution in [0.5, 0.6) is 11.5 Å². The minimum Gasteiger partial charge on any atom is -0.495 e. The summed E-state index contributed by atoms with van der Waals surface area (Å²) in [6, 6.07) is 43.1. The second-order valence-corrected chi connectivity index (χ2v) is 32.5. The summed E-state index contributed by atoms with van der Waals surface area (Å²) < 4.78 is 12.2. The predicted molar refractivity (Wildman–Crippen MR) is 384 cm³/mol. The molecule has 0 amide bonds. The number of methoxy groups -OCH3 is 2. The molecule has 0 bridgehead atoms. The van der Waals surface area contributed by atoms with Crippen molar-refractivity contribution in [2.24, 2.45) is 0 Å². The lowest BCUT2D eigenvalue weighted by Crippen LogP contribution is -2.16. The number of hydrogen-bond donors (Lipinski definition) is 0. The average Bonchev–Trinajstić information content (AvgIpc) is 1.99. The highest BCUT2D eigenvalue weighted by Gasteiger charge is 2.25. The van der Waals surface area contributed by atoms with Gasteiger partial charge >= 0.3 is 0 Å². The van der Waals surface area contributed by atoms with Gasteiger partial charge in [0.05, 0.1) is 25.3 Å². The SMILES string of the molecule is COc1cc(C#Cc2cc(C(C)(C)C)cc(C(C)(C)C)c2)c(C#Cc2cc(C(C)(C)C)cc(C(C)(C)C)c2)cc1C#Cc1ccc(C#Cc2cc(C#Cc3cc(C(C)(C)C)cc(C(C)(C)C)c3)c(C#Cc3cc(C(C)(C)C)cc(C(C)(C)C)c3)cc2OC)cc1. The molecule has 0 spiro atoms. The smallest absolute Gasteiger partial charge is 0.135 e. The number of benzene rings is 7. The highest BCUT2D eigenvalue weighted by Crippen LogP contribution is 2.36. The molecule has 7 rings (SSSR count). The van der Waals surface area contributed by atoms with E-state index in [0.717, 1.165) is 55.6 Å². The van der Waals surface area contributed by atoms with E-state index in [0.29, 0.717) is 22.6 Å². The summed E-state index contributed by atoms with van der Waals surface area (Å²) in [7, 11) is 3.36. The van der Waals surface area contributed by atoms with Gasteiger partial charge in [0.1, 0.15) is 11.5 Å². The molecule has 0 heterocycles. The van der Waals surface area contributed by atoms with Crippen molar-refractivity contribution < 1.29 is 9.47 Å². The Labute approximate surface area is 545 Å². The molecule has 0 aromatic heterocycles. The maximum atomic E-state index is 6.08. The van der Waals surface area contributed by atoms with Crippen LogP contribution in [0.25, 0.3) is 0 Å². The van der Waals surface area contributed by atoms with Crippen molar-refractivity contribution in [3.05, 3.63) is 233 Å². The van der Waals surface area contributed by atoms with Crippen molar-refractivity contribution in [2.75, 3.05) is 14.2 Å². The Hall–Kier alpha value is -8.50. The van der Waals surface area contributed by atoms with Gasteiger partial charge in [-0.1, -0.05) is 261 Å². The first kappa shape index (κ1) is 69.0. The molecule has 0 aliphatic rings. The van der Waals surface area contributed by atoms with Crippen LogP contribution in [0.1, 0.15) is 277 Å². The fourth-order valence-electron chi connectivity index (χ4n) is 9.84. The first-order chi connectivity index (χ1) is 41.5. The summed E-state index contributed by atoms with van der Waals surface area (Å²) >= 11 is 0. The number of ether oxygens (including phenoxy) is 2. The molecule has 90 heavy (non-hydrogen) atoms. The van der Waals surface area contributed by atoms with Crippen LogP contribution >= 0.6 is 0 Å². The topological polar surface area (TPSA) is 18.5 Å². The van der Waals surface area contributed by atoms with Gasteiger partial charge in [-0.25, -0.2) is 0 Å². The second-order valence-electron chi connectivity index (χ2n) is 32.5. The molecule has 7 aromatic carbocycles. The summed E-state index contributed by atoms with van der Waals surface area (Å²) in [6.07, 6.45) is 0. The first-order valence-corrected chi connectivity index (χ1v) is 31.8. The van der Waals surface area contributed by atoms with E-state index in [-0.39, 0.29) is 43.3 Å². The predicted octanol–water partition coefficient (Wildman–Crippen LogP) is 20.5. The van der Waals surface area contributed by atoms with Gasteiger partial charge in [0.2, 0.25) is 0 Å². The molecule has 462 valence electrons. The maximum absolute atomic E-state index is 6.08. The van der Waals surface area contributed by atoms with Crippen LogP contribution in [0, 0.1) is 71.0 Å². The van der Waals surface area contributed by atoms with Gasteiger partial charge in [-0.15, -0.1) is 0 Å². The van der Waals surface area contributed by atoms with Crippen LogP contribution in [-0.4, -0.2) is 14.2 Å². The molecule has 0 radical (unpaired) electrons. The highest BCUT2D eigenvalue weighted by atomic mass is 16.5. The number of hydrogen-bond acceptors (Lipinski definition) is 2. The molecule has 2 heteroatoms. The van der Waals surface area contributed by atoms with Crippen LogP contribution < -0.4 is 9.47 Å². The van der Waals surface area contributed by atoms with Crippen LogP contribution in [-0.2, 0) is 43.3 Å². The van der Waals surface area contributed by atoms with Crippen molar-refractivity contribution in [3.63, 3.8) is 0 Å². The Bertz CT molecular complexity index is 3860. The quantitative estimate of drug-likeness (QED) is 0.161. The van der Waals surface area contributed by atoms with E-state index in [1.54, 1.807) is 14.2 Å². The summed E-state index contributed by atoms with van der Waals surface area (Å²) in [5, 5.41) is 0. The summed E-state index contributed by atoms with van der Waals surface area (Å²) in [5.41, 5.74) is 19.6. The monoisotopic (exact) mass is 1190 g/mol. The zero-order valence-electron chi connectivity index (χ0n) is 59.4. The van der Waals surface area contributed by atoms with E-state index in [9.17, 15) is 0 Å². The lowest BCUT2D eigenvalue weighted by atomic mass is 9.79. The molecule has 7 aromatic rings. The van der Waals surface area contributed by atoms with Gasteiger partial charge in [0, 0.05) is 55.6 Å². The molecular formula is C88H98O2. The van der Waals surface area contributed by atoms with Gasteiger partial charge in [0.15, 0.2) is 0 Å². The maximum Gasteiger partial charge on any atom is 0.135 e. The molecular weight excluding hydrogens is 1090 g/mol. The lowest BCUT2D eigenvalue weighted by Gasteiger charge is -2.25. The minimum atomic E-state index is -0.0548. The summed E-state index contributed by atoms with van der Waals surface area (Å²) in [4.78, 5) is 0. The molecule has 0 N–H and O–H groups in total. The Kier molecular flexibility index (Phi) is 20.0. The van der Waals surface area contributed by atoms with Crippen molar-refractivity contribution >= 4 is 0 Å². The first-order valence-electron chi connectivity index (χ1n) is 31.8. The van der Waals surface area contributed by atoms with E-state index in [1.807, 2.05) is 48.5 Å². The Morgan fingerprint density at radius 1 is 0.189 bits per heavy atom. The minimum absolute atomic E-state index is 0.0480. The Balaban J connectivity index is 1.32. The third-order valence-electron chi connectivity index (χ3n) is 16.3. The molecule has 0 unspecified atom stereocenters. The van der Waals surface area contributed by atoms with Crippen molar-refractivity contribution in [1.29, 1.82) is 0 Å². The average molecular weight is 1190 g/mol. The molecule has 0 aliphatic carbocycles. The van der Waals surface area contributed by atoms with Crippen molar-refractivity contribution in [2.45, 2.75) is 209 Å². The van der Waals surface area contributed by atoms with E-state index in [4.69, 9.17) is 9.47 Å². The van der Waals surface area contributed by atoms with Crippen molar-refractivity contribution in [3.8, 4) is 82.5 Å². The molecule has 2 nitrogen and oxygen atoms in total. The van der Waals surface area contributed by atoms with Gasteiger partial charge < -0.3 is 9.47 Å². The molecule has 0 atom stereocenters. The normalized spacial score (nSPS) is 12.0. The summed E-state index contributed by atoms with van der Waals surface area (Å²) in [6.45, 7) is 54.0. The van der Waals surface area contributed by atoms with Crippen LogP contribution in [0.2, 0.25) is 0 Å². The summed E-state index contributed by atoms with van der Waals surface area (Å²) in [5.74, 6) is 43.5. The molecule has 0 saturated heterocycles. The van der Waals surface area contributed by atoms with E-state index in [2.05, 4.69) is 310 Å². The van der Waals surface area contributed by atoms with Crippen LogP contribution in [0.4, 0.5) is 0 Å². The molecule has 0 saturated carbocycles.